The third-order valence-corrected chi connectivity index (χ3v) is 6.34. The highest BCUT2D eigenvalue weighted by Gasteiger charge is 2.25. The summed E-state index contributed by atoms with van der Waals surface area (Å²) in [4.78, 5) is 23.1. The molecule has 1 heterocycles. The highest BCUT2D eigenvalue weighted by atomic mass is 32.2. The van der Waals surface area contributed by atoms with Gasteiger partial charge in [0.25, 0.3) is 0 Å². The van der Waals surface area contributed by atoms with Crippen LogP contribution in [0.1, 0.15) is 32.3 Å². The monoisotopic (exact) mass is 413 g/mol. The van der Waals surface area contributed by atoms with Gasteiger partial charge in [0.15, 0.2) is 11.6 Å². The Balaban J connectivity index is 1.80. The van der Waals surface area contributed by atoms with Crippen LogP contribution in [0.15, 0.2) is 77.8 Å². The summed E-state index contributed by atoms with van der Waals surface area (Å²) >= 11 is 1.44. The number of benzene rings is 3. The molecule has 1 N–H and O–H groups in total. The van der Waals surface area contributed by atoms with Crippen LogP contribution in [0.25, 0.3) is 11.0 Å². The number of rotatable bonds is 6. The Kier molecular flexibility index (Phi) is 5.81. The van der Waals surface area contributed by atoms with Crippen molar-refractivity contribution in [2.75, 3.05) is 12.4 Å². The summed E-state index contributed by atoms with van der Waals surface area (Å²) in [6.45, 7) is 4.14. The SMILES string of the molecule is CNc1nc2cc(C)c(C)cc2nc1SC(C(=O)c1ccccc1)c1ccccc1. The van der Waals surface area contributed by atoms with Crippen molar-refractivity contribution in [3.63, 3.8) is 0 Å². The lowest BCUT2D eigenvalue weighted by Gasteiger charge is -2.18. The number of aromatic nitrogens is 2. The molecule has 0 spiro atoms. The molecule has 150 valence electrons. The van der Waals surface area contributed by atoms with Gasteiger partial charge in [-0.05, 0) is 42.7 Å². The third kappa shape index (κ3) is 4.07. The van der Waals surface area contributed by atoms with E-state index in [-0.39, 0.29) is 5.78 Å². The van der Waals surface area contributed by atoms with Gasteiger partial charge < -0.3 is 5.32 Å². The molecule has 1 atom stereocenters. The molecule has 4 rings (SSSR count). The van der Waals surface area contributed by atoms with Gasteiger partial charge in [-0.25, -0.2) is 9.97 Å². The lowest BCUT2D eigenvalue weighted by Crippen LogP contribution is -2.11. The van der Waals surface area contributed by atoms with Crippen molar-refractivity contribution < 1.29 is 4.79 Å². The molecule has 0 aliphatic carbocycles. The average Bonchev–Trinajstić information content (AvgIpc) is 2.78. The van der Waals surface area contributed by atoms with Crippen LogP contribution in [0.5, 0.6) is 0 Å². The van der Waals surface area contributed by atoms with E-state index in [0.717, 1.165) is 16.6 Å². The molecule has 0 saturated carbocycles. The minimum Gasteiger partial charge on any atom is -0.371 e. The first kappa shape index (κ1) is 20.1. The van der Waals surface area contributed by atoms with Crippen LogP contribution in [-0.2, 0) is 0 Å². The van der Waals surface area contributed by atoms with E-state index in [4.69, 9.17) is 9.97 Å². The Bertz CT molecular complexity index is 1190. The summed E-state index contributed by atoms with van der Waals surface area (Å²) < 4.78 is 0. The van der Waals surface area contributed by atoms with E-state index in [9.17, 15) is 4.79 Å². The Morgan fingerprint density at radius 3 is 2.03 bits per heavy atom. The first-order chi connectivity index (χ1) is 14.6. The van der Waals surface area contributed by atoms with Gasteiger partial charge in [-0.3, -0.25) is 4.79 Å². The van der Waals surface area contributed by atoms with Crippen LogP contribution in [0.3, 0.4) is 0 Å². The zero-order valence-electron chi connectivity index (χ0n) is 17.2. The van der Waals surface area contributed by atoms with Gasteiger partial charge >= 0.3 is 0 Å². The number of Topliss-reactive ketones (excluding diaryl/α,β-unsaturated/α-hetero) is 1. The molecule has 0 fully saturated rings. The Morgan fingerprint density at radius 2 is 1.43 bits per heavy atom. The highest BCUT2D eigenvalue weighted by molar-refractivity contribution is 8.00. The second kappa shape index (κ2) is 8.67. The first-order valence-corrected chi connectivity index (χ1v) is 10.7. The Hall–Kier alpha value is -3.18. The first-order valence-electron chi connectivity index (χ1n) is 9.84. The van der Waals surface area contributed by atoms with Crippen LogP contribution in [0.4, 0.5) is 5.82 Å². The van der Waals surface area contributed by atoms with Crippen LogP contribution in [-0.4, -0.2) is 22.8 Å². The number of carbonyl (C=O) groups is 1. The van der Waals surface area contributed by atoms with Gasteiger partial charge in [-0.1, -0.05) is 72.4 Å². The normalized spacial score (nSPS) is 12.0. The molecule has 4 nitrogen and oxygen atoms in total. The molecule has 0 saturated heterocycles. The number of carbonyl (C=O) groups excluding carboxylic acids is 1. The molecular weight excluding hydrogens is 390 g/mol. The minimum atomic E-state index is -0.418. The quantitative estimate of drug-likeness (QED) is 0.310. The molecular formula is C25H23N3OS. The number of fused-ring (bicyclic) bond motifs is 1. The second-order valence-corrected chi connectivity index (χ2v) is 8.29. The van der Waals surface area contributed by atoms with E-state index < -0.39 is 5.25 Å². The van der Waals surface area contributed by atoms with Crippen molar-refractivity contribution in [1.82, 2.24) is 9.97 Å². The van der Waals surface area contributed by atoms with Gasteiger partial charge in [-0.2, -0.15) is 0 Å². The van der Waals surface area contributed by atoms with Crippen molar-refractivity contribution in [2.45, 2.75) is 24.1 Å². The van der Waals surface area contributed by atoms with Crippen LogP contribution in [0.2, 0.25) is 0 Å². The summed E-state index contributed by atoms with van der Waals surface area (Å²) in [6, 6.07) is 23.4. The minimum absolute atomic E-state index is 0.0517. The number of thioether (sulfide) groups is 1. The predicted molar refractivity (Wildman–Crippen MR) is 124 cm³/mol. The molecule has 0 aliphatic heterocycles. The molecule has 0 bridgehead atoms. The van der Waals surface area contributed by atoms with Crippen LogP contribution >= 0.6 is 11.8 Å². The second-order valence-electron chi connectivity index (χ2n) is 7.19. The number of anilines is 1. The van der Waals surface area contributed by atoms with E-state index in [1.807, 2.05) is 67.7 Å². The van der Waals surface area contributed by atoms with Crippen molar-refractivity contribution >= 4 is 34.4 Å². The van der Waals surface area contributed by atoms with E-state index in [1.165, 1.54) is 22.9 Å². The van der Waals surface area contributed by atoms with Crippen molar-refractivity contribution in [3.8, 4) is 0 Å². The van der Waals surface area contributed by atoms with E-state index in [0.29, 0.717) is 16.4 Å². The molecule has 1 aromatic heterocycles. The molecule has 0 aliphatic rings. The fourth-order valence-corrected chi connectivity index (χ4v) is 4.48. The van der Waals surface area contributed by atoms with E-state index in [1.54, 1.807) is 0 Å². The largest absolute Gasteiger partial charge is 0.371 e. The molecule has 0 radical (unpaired) electrons. The van der Waals surface area contributed by atoms with Crippen LogP contribution < -0.4 is 5.32 Å². The maximum atomic E-state index is 13.4. The maximum Gasteiger partial charge on any atom is 0.180 e. The van der Waals surface area contributed by atoms with E-state index >= 15 is 0 Å². The zero-order valence-corrected chi connectivity index (χ0v) is 18.0. The summed E-state index contributed by atoms with van der Waals surface area (Å²) in [5.41, 5.74) is 5.66. The van der Waals surface area contributed by atoms with Crippen molar-refractivity contribution in [3.05, 3.63) is 95.1 Å². The number of nitrogens with zero attached hydrogens (tertiary/aromatic N) is 2. The Morgan fingerprint density at radius 1 is 0.867 bits per heavy atom. The van der Waals surface area contributed by atoms with Gasteiger partial charge in [0.2, 0.25) is 0 Å². The number of nitrogens with one attached hydrogen (secondary N) is 1. The molecule has 4 aromatic rings. The number of aryl methyl sites for hydroxylation is 2. The predicted octanol–water partition coefficient (Wildman–Crippen LogP) is 6.00. The smallest absolute Gasteiger partial charge is 0.180 e. The van der Waals surface area contributed by atoms with Gasteiger partial charge in [0.1, 0.15) is 5.03 Å². The fourth-order valence-electron chi connectivity index (χ4n) is 3.31. The summed E-state index contributed by atoms with van der Waals surface area (Å²) in [6.07, 6.45) is 0. The number of ketones is 1. The van der Waals surface area contributed by atoms with E-state index in [2.05, 4.69) is 31.3 Å². The van der Waals surface area contributed by atoms with Gasteiger partial charge in [0.05, 0.1) is 16.3 Å². The molecule has 30 heavy (non-hydrogen) atoms. The summed E-state index contributed by atoms with van der Waals surface area (Å²) in [5, 5.41) is 3.45. The zero-order chi connectivity index (χ0) is 21.1. The average molecular weight is 414 g/mol. The topological polar surface area (TPSA) is 54.9 Å². The van der Waals surface area contributed by atoms with Crippen molar-refractivity contribution in [2.24, 2.45) is 0 Å². The van der Waals surface area contributed by atoms with Gasteiger partial charge in [-0.15, -0.1) is 0 Å². The summed E-state index contributed by atoms with van der Waals surface area (Å²) in [5.74, 6) is 0.730. The molecule has 0 amide bonds. The number of hydrogen-bond acceptors (Lipinski definition) is 5. The Labute approximate surface area is 180 Å². The van der Waals surface area contributed by atoms with Crippen LogP contribution in [0, 0.1) is 13.8 Å². The summed E-state index contributed by atoms with van der Waals surface area (Å²) in [7, 11) is 1.83. The standard InChI is InChI=1S/C25H23N3OS/c1-16-14-20-21(15-17(16)2)28-25(24(26-3)27-20)30-23(19-12-8-5-9-13-19)22(29)18-10-6-4-7-11-18/h4-15,23H,1-3H3,(H,26,27). The lowest BCUT2D eigenvalue weighted by molar-refractivity contribution is 0.0989. The fraction of sp³-hybridized carbons (Fsp3) is 0.160. The molecule has 1 unspecified atom stereocenters. The highest BCUT2D eigenvalue weighted by Crippen LogP contribution is 2.40. The maximum absolute atomic E-state index is 13.4. The molecule has 5 heteroatoms. The number of hydrogen-bond donors (Lipinski definition) is 1. The third-order valence-electron chi connectivity index (χ3n) is 5.11. The van der Waals surface area contributed by atoms with Gasteiger partial charge in [0, 0.05) is 12.6 Å². The lowest BCUT2D eigenvalue weighted by atomic mass is 10.0. The molecule has 3 aromatic carbocycles. The van der Waals surface area contributed by atoms with Crippen molar-refractivity contribution in [1.29, 1.82) is 0 Å².